The maximum atomic E-state index is 10.5. The van der Waals surface area contributed by atoms with Gasteiger partial charge in [0.05, 0.1) is 0 Å². The molecule has 0 atom stereocenters. The van der Waals surface area contributed by atoms with E-state index in [2.05, 4.69) is 13.2 Å². The SMILES string of the molecule is C=c1sc(=C)c2c(O)c3c(C)sc(C)c3c(O)c12. The predicted octanol–water partition coefficient (Wildman–Crippen LogP) is 2.96. The highest BCUT2D eigenvalue weighted by molar-refractivity contribution is 7.13. The van der Waals surface area contributed by atoms with Gasteiger partial charge in [-0.3, -0.25) is 0 Å². The first-order valence-electron chi connectivity index (χ1n) is 5.47. The van der Waals surface area contributed by atoms with Crippen molar-refractivity contribution in [3.05, 3.63) is 18.8 Å². The van der Waals surface area contributed by atoms with Gasteiger partial charge in [-0.1, -0.05) is 13.2 Å². The van der Waals surface area contributed by atoms with Gasteiger partial charge in [0.25, 0.3) is 0 Å². The monoisotopic (exact) mass is 276 g/mol. The van der Waals surface area contributed by atoms with Crippen LogP contribution in [0.5, 0.6) is 11.5 Å². The molecule has 1 aromatic carbocycles. The zero-order chi connectivity index (χ0) is 13.2. The van der Waals surface area contributed by atoms with E-state index in [1.807, 2.05) is 13.8 Å². The molecular weight excluding hydrogens is 264 g/mol. The van der Waals surface area contributed by atoms with Crippen LogP contribution < -0.4 is 9.06 Å². The number of fused-ring (bicyclic) bond motifs is 2. The lowest BCUT2D eigenvalue weighted by atomic mass is 10.0. The molecule has 3 aromatic rings. The molecule has 0 aliphatic carbocycles. The first-order chi connectivity index (χ1) is 8.43. The summed E-state index contributed by atoms with van der Waals surface area (Å²) in [4.78, 5) is 2.02. The molecule has 3 rings (SSSR count). The van der Waals surface area contributed by atoms with Crippen molar-refractivity contribution in [3.8, 4) is 11.5 Å². The van der Waals surface area contributed by atoms with Crippen molar-refractivity contribution in [2.24, 2.45) is 0 Å². The smallest absolute Gasteiger partial charge is 0.134 e. The fourth-order valence-corrected chi connectivity index (χ4v) is 4.49. The highest BCUT2D eigenvalue weighted by Crippen LogP contribution is 2.45. The number of hydrogen-bond acceptors (Lipinski definition) is 4. The third-order valence-electron chi connectivity index (χ3n) is 3.26. The van der Waals surface area contributed by atoms with Gasteiger partial charge in [0.15, 0.2) is 0 Å². The van der Waals surface area contributed by atoms with E-state index in [0.717, 1.165) is 29.6 Å². The number of thiophene rings is 2. The third kappa shape index (κ3) is 1.22. The Balaban J connectivity index is 2.84. The molecule has 0 fully saturated rings. The molecule has 0 aliphatic rings. The molecular formula is C14H12O2S2. The number of benzene rings is 1. The first-order valence-corrected chi connectivity index (χ1v) is 7.10. The number of phenols is 2. The Hall–Kier alpha value is -1.52. The Morgan fingerprint density at radius 1 is 0.722 bits per heavy atom. The maximum Gasteiger partial charge on any atom is 0.134 e. The lowest BCUT2D eigenvalue weighted by molar-refractivity contribution is 0.478. The highest BCUT2D eigenvalue weighted by Gasteiger charge is 2.20. The molecule has 92 valence electrons. The van der Waals surface area contributed by atoms with Gasteiger partial charge in [0, 0.05) is 40.4 Å². The number of aromatic hydroxyl groups is 2. The number of hydrogen-bond donors (Lipinski definition) is 2. The van der Waals surface area contributed by atoms with Crippen molar-refractivity contribution in [2.75, 3.05) is 0 Å². The Labute approximate surface area is 112 Å². The zero-order valence-electron chi connectivity index (χ0n) is 10.1. The van der Waals surface area contributed by atoms with E-state index in [-0.39, 0.29) is 11.5 Å². The van der Waals surface area contributed by atoms with E-state index in [1.165, 1.54) is 11.3 Å². The minimum absolute atomic E-state index is 0.218. The van der Waals surface area contributed by atoms with Crippen molar-refractivity contribution in [1.29, 1.82) is 0 Å². The van der Waals surface area contributed by atoms with Gasteiger partial charge in [0.1, 0.15) is 11.5 Å². The zero-order valence-corrected chi connectivity index (χ0v) is 11.8. The number of phenolic OH excluding ortho intramolecular Hbond substituents is 2. The van der Waals surface area contributed by atoms with Crippen LogP contribution in [0.25, 0.3) is 34.7 Å². The molecule has 2 heterocycles. The molecule has 2 nitrogen and oxygen atoms in total. The summed E-state index contributed by atoms with van der Waals surface area (Å²) in [6, 6.07) is 0. The summed E-state index contributed by atoms with van der Waals surface area (Å²) < 4.78 is 1.49. The molecule has 18 heavy (non-hydrogen) atoms. The Morgan fingerprint density at radius 2 is 1.11 bits per heavy atom. The normalized spacial score (nSPS) is 11.7. The van der Waals surface area contributed by atoms with Crippen LogP contribution in [-0.4, -0.2) is 10.2 Å². The molecule has 0 radical (unpaired) electrons. The third-order valence-corrected chi connectivity index (χ3v) is 5.18. The minimum Gasteiger partial charge on any atom is -0.507 e. The second-order valence-electron chi connectivity index (χ2n) is 4.36. The molecule has 0 aliphatic heterocycles. The topological polar surface area (TPSA) is 40.5 Å². The summed E-state index contributed by atoms with van der Waals surface area (Å²) in [5, 5.41) is 23.7. The van der Waals surface area contributed by atoms with E-state index in [1.54, 1.807) is 11.3 Å². The van der Waals surface area contributed by atoms with Crippen molar-refractivity contribution >= 4 is 57.4 Å². The maximum absolute atomic E-state index is 10.5. The van der Waals surface area contributed by atoms with Gasteiger partial charge in [-0.2, -0.15) is 0 Å². The second-order valence-corrected chi connectivity index (χ2v) is 6.98. The van der Waals surface area contributed by atoms with Crippen molar-refractivity contribution < 1.29 is 10.2 Å². The van der Waals surface area contributed by atoms with Crippen LogP contribution in [0.2, 0.25) is 0 Å². The van der Waals surface area contributed by atoms with Crippen LogP contribution in [0.3, 0.4) is 0 Å². The quantitative estimate of drug-likeness (QED) is 0.620. The average Bonchev–Trinajstić information content (AvgIpc) is 2.73. The Kier molecular flexibility index (Phi) is 2.24. The van der Waals surface area contributed by atoms with Gasteiger partial charge >= 0.3 is 0 Å². The van der Waals surface area contributed by atoms with E-state index in [9.17, 15) is 10.2 Å². The standard InChI is InChI=1S/C14H12O2S2/c1-5-9-10(6(2)17-5)14(16)12-8(4)18-7(3)11(12)13(9)15/h15-16H,1-2H2,3-4H3. The largest absolute Gasteiger partial charge is 0.507 e. The summed E-state index contributed by atoms with van der Waals surface area (Å²) in [7, 11) is 0. The highest BCUT2D eigenvalue weighted by atomic mass is 32.1. The van der Waals surface area contributed by atoms with Crippen LogP contribution in [0.15, 0.2) is 0 Å². The summed E-state index contributed by atoms with van der Waals surface area (Å²) in [6.45, 7) is 11.8. The summed E-state index contributed by atoms with van der Waals surface area (Å²) in [5.74, 6) is 0.437. The minimum atomic E-state index is 0.218. The van der Waals surface area contributed by atoms with Gasteiger partial charge in [-0.05, 0) is 13.8 Å². The van der Waals surface area contributed by atoms with Gasteiger partial charge in [0.2, 0.25) is 0 Å². The molecule has 0 spiro atoms. The van der Waals surface area contributed by atoms with E-state index in [4.69, 9.17) is 0 Å². The van der Waals surface area contributed by atoms with Crippen molar-refractivity contribution in [3.63, 3.8) is 0 Å². The predicted molar refractivity (Wildman–Crippen MR) is 80.3 cm³/mol. The van der Waals surface area contributed by atoms with E-state index in [0.29, 0.717) is 10.8 Å². The van der Waals surface area contributed by atoms with Crippen LogP contribution >= 0.6 is 22.7 Å². The van der Waals surface area contributed by atoms with Gasteiger partial charge in [-0.15, -0.1) is 22.7 Å². The molecule has 0 amide bonds. The molecule has 0 saturated heterocycles. The van der Waals surface area contributed by atoms with Crippen molar-refractivity contribution in [1.82, 2.24) is 0 Å². The number of rotatable bonds is 0. The molecule has 0 bridgehead atoms. The average molecular weight is 276 g/mol. The fourth-order valence-electron chi connectivity index (χ4n) is 2.53. The first kappa shape index (κ1) is 11.6. The van der Waals surface area contributed by atoms with Crippen LogP contribution in [0.1, 0.15) is 9.75 Å². The second kappa shape index (κ2) is 3.49. The van der Waals surface area contributed by atoms with Crippen molar-refractivity contribution in [2.45, 2.75) is 13.8 Å². The summed E-state index contributed by atoms with van der Waals surface area (Å²) in [6.07, 6.45) is 0. The summed E-state index contributed by atoms with van der Waals surface area (Å²) in [5.41, 5.74) is 0. The Morgan fingerprint density at radius 3 is 1.50 bits per heavy atom. The van der Waals surface area contributed by atoms with E-state index < -0.39 is 0 Å². The Bertz CT molecular complexity index is 829. The fraction of sp³-hybridized carbons (Fsp3) is 0.143. The van der Waals surface area contributed by atoms with E-state index >= 15 is 0 Å². The van der Waals surface area contributed by atoms with Gasteiger partial charge < -0.3 is 10.2 Å². The lowest BCUT2D eigenvalue weighted by Gasteiger charge is -2.04. The van der Waals surface area contributed by atoms with Crippen LogP contribution in [-0.2, 0) is 0 Å². The van der Waals surface area contributed by atoms with Crippen LogP contribution in [0.4, 0.5) is 0 Å². The summed E-state index contributed by atoms with van der Waals surface area (Å²) >= 11 is 2.98. The molecule has 2 aromatic heterocycles. The molecule has 0 saturated carbocycles. The molecule has 2 N–H and O–H groups in total. The molecule has 0 unspecified atom stereocenters. The van der Waals surface area contributed by atoms with Gasteiger partial charge in [-0.25, -0.2) is 0 Å². The van der Waals surface area contributed by atoms with Crippen LogP contribution in [0, 0.1) is 13.8 Å². The lowest BCUT2D eigenvalue weighted by Crippen LogP contribution is -1.90. The molecule has 4 heteroatoms. The number of aryl methyl sites for hydroxylation is 2.